The summed E-state index contributed by atoms with van der Waals surface area (Å²) < 4.78 is 0. The quantitative estimate of drug-likeness (QED) is 0.242. The van der Waals surface area contributed by atoms with Gasteiger partial charge in [-0.2, -0.15) is 5.10 Å². The number of aromatic nitrogens is 3. The van der Waals surface area contributed by atoms with Crippen LogP contribution in [0.3, 0.4) is 0 Å². The maximum absolute atomic E-state index is 13.2. The van der Waals surface area contributed by atoms with Crippen LogP contribution < -0.4 is 5.32 Å². The second-order valence-corrected chi connectivity index (χ2v) is 9.66. The van der Waals surface area contributed by atoms with E-state index in [-0.39, 0.29) is 18.6 Å². The van der Waals surface area contributed by atoms with Crippen molar-refractivity contribution in [1.82, 2.24) is 20.5 Å². The number of aromatic amines is 1. The van der Waals surface area contributed by atoms with Gasteiger partial charge in [-0.15, -0.1) is 0 Å². The van der Waals surface area contributed by atoms with E-state index in [1.54, 1.807) is 6.20 Å². The maximum atomic E-state index is 13.2. The molecule has 5 rings (SSSR count). The summed E-state index contributed by atoms with van der Waals surface area (Å²) in [6.45, 7) is -0.135. The highest BCUT2D eigenvalue weighted by atomic mass is 32.2. The van der Waals surface area contributed by atoms with E-state index in [1.807, 2.05) is 103 Å². The number of fused-ring (bicyclic) bond motifs is 1. The van der Waals surface area contributed by atoms with Crippen LogP contribution in [0, 0.1) is 0 Å². The third-order valence-electron chi connectivity index (χ3n) is 5.90. The molecule has 37 heavy (non-hydrogen) atoms. The zero-order valence-electron chi connectivity index (χ0n) is 20.0. The average Bonchev–Trinajstić information content (AvgIpc) is 3.35. The standard InChI is InChI=1S/C30H26N4O2S/c35-20-23(18-21-8-2-1-3-9-21)32-30(36)26-11-4-5-12-29(26)37-24-14-15-25-27(33-34-28(25)19-24)16-13-22-10-6-7-17-31-22/h1-17,19,23,35H,18,20H2,(H,32,36)(H,33,34)/b16-13+/t23-/m1/s1. The van der Waals surface area contributed by atoms with Gasteiger partial charge in [0.15, 0.2) is 0 Å². The number of hydrogen-bond donors (Lipinski definition) is 3. The number of carbonyl (C=O) groups is 1. The zero-order chi connectivity index (χ0) is 25.5. The van der Waals surface area contributed by atoms with Crippen molar-refractivity contribution >= 4 is 40.7 Å². The van der Waals surface area contributed by atoms with Crippen LogP contribution in [0.15, 0.2) is 107 Å². The highest BCUT2D eigenvalue weighted by Gasteiger charge is 2.17. The lowest BCUT2D eigenvalue weighted by atomic mass is 10.1. The number of pyridine rings is 1. The minimum Gasteiger partial charge on any atom is -0.394 e. The molecule has 1 amide bonds. The maximum Gasteiger partial charge on any atom is 0.252 e. The van der Waals surface area contributed by atoms with Gasteiger partial charge in [-0.25, -0.2) is 0 Å². The monoisotopic (exact) mass is 506 g/mol. The number of aliphatic hydroxyl groups excluding tert-OH is 1. The molecule has 5 aromatic rings. The van der Waals surface area contributed by atoms with E-state index >= 15 is 0 Å². The number of aliphatic hydroxyl groups is 1. The van der Waals surface area contributed by atoms with E-state index in [1.165, 1.54) is 11.8 Å². The van der Waals surface area contributed by atoms with E-state index in [2.05, 4.69) is 20.5 Å². The summed E-state index contributed by atoms with van der Waals surface area (Å²) in [6.07, 6.45) is 6.20. The molecule has 0 saturated carbocycles. The number of carbonyl (C=O) groups excluding carboxylic acids is 1. The second-order valence-electron chi connectivity index (χ2n) is 8.55. The lowest BCUT2D eigenvalue weighted by Crippen LogP contribution is -2.39. The van der Waals surface area contributed by atoms with Crippen LogP contribution >= 0.6 is 11.8 Å². The van der Waals surface area contributed by atoms with Crippen molar-refractivity contribution in [2.24, 2.45) is 0 Å². The number of nitrogens with one attached hydrogen (secondary N) is 2. The van der Waals surface area contributed by atoms with Crippen LogP contribution in [0.1, 0.15) is 27.3 Å². The Balaban J connectivity index is 1.31. The topological polar surface area (TPSA) is 90.9 Å². The van der Waals surface area contributed by atoms with Gasteiger partial charge in [0.05, 0.1) is 35.1 Å². The molecule has 0 saturated heterocycles. The Morgan fingerprint density at radius 3 is 2.59 bits per heavy atom. The Kier molecular flexibility index (Phi) is 7.74. The highest BCUT2D eigenvalue weighted by Crippen LogP contribution is 2.33. The average molecular weight is 507 g/mol. The Morgan fingerprint density at radius 1 is 0.973 bits per heavy atom. The van der Waals surface area contributed by atoms with Crippen molar-refractivity contribution < 1.29 is 9.90 Å². The van der Waals surface area contributed by atoms with Gasteiger partial charge in [0.1, 0.15) is 0 Å². The first-order valence-electron chi connectivity index (χ1n) is 12.0. The number of rotatable bonds is 9. The number of nitrogens with zero attached hydrogens (tertiary/aromatic N) is 2. The summed E-state index contributed by atoms with van der Waals surface area (Å²) in [5.74, 6) is -0.206. The molecule has 0 spiro atoms. The summed E-state index contributed by atoms with van der Waals surface area (Å²) in [5, 5.41) is 21.4. The first-order valence-corrected chi connectivity index (χ1v) is 12.8. The van der Waals surface area contributed by atoms with Crippen LogP contribution in [0.4, 0.5) is 0 Å². The van der Waals surface area contributed by atoms with Crippen LogP contribution in [-0.2, 0) is 6.42 Å². The third-order valence-corrected chi connectivity index (χ3v) is 6.97. The van der Waals surface area contributed by atoms with Crippen molar-refractivity contribution in [3.8, 4) is 0 Å². The predicted molar refractivity (Wildman–Crippen MR) is 148 cm³/mol. The fourth-order valence-corrected chi connectivity index (χ4v) is 5.03. The molecular formula is C30H26N4O2S. The molecule has 7 heteroatoms. The molecule has 3 N–H and O–H groups in total. The molecule has 0 unspecified atom stereocenters. The summed E-state index contributed by atoms with van der Waals surface area (Å²) >= 11 is 1.52. The predicted octanol–water partition coefficient (Wildman–Crippen LogP) is 5.61. The third kappa shape index (κ3) is 6.14. The lowest BCUT2D eigenvalue weighted by molar-refractivity contribution is 0.0913. The molecule has 184 valence electrons. The molecule has 0 aliphatic heterocycles. The Hall–Kier alpha value is -4.20. The van der Waals surface area contributed by atoms with Gasteiger partial charge in [0.2, 0.25) is 0 Å². The Labute approximate surface area is 219 Å². The molecule has 2 aromatic heterocycles. The van der Waals surface area contributed by atoms with Gasteiger partial charge < -0.3 is 10.4 Å². The van der Waals surface area contributed by atoms with Crippen LogP contribution in [-0.4, -0.2) is 38.8 Å². The van der Waals surface area contributed by atoms with E-state index in [0.717, 1.165) is 37.6 Å². The molecule has 0 bridgehead atoms. The first kappa shape index (κ1) is 24.5. The largest absolute Gasteiger partial charge is 0.394 e. The molecule has 1 atom stereocenters. The number of hydrogen-bond acceptors (Lipinski definition) is 5. The van der Waals surface area contributed by atoms with E-state index < -0.39 is 0 Å². The van der Waals surface area contributed by atoms with Crippen LogP contribution in [0.25, 0.3) is 23.1 Å². The molecular weight excluding hydrogens is 480 g/mol. The molecule has 2 heterocycles. The fourth-order valence-electron chi connectivity index (χ4n) is 4.04. The van der Waals surface area contributed by atoms with Crippen LogP contribution in [0.2, 0.25) is 0 Å². The Morgan fingerprint density at radius 2 is 1.78 bits per heavy atom. The van der Waals surface area contributed by atoms with E-state index in [4.69, 9.17) is 0 Å². The normalized spacial score (nSPS) is 12.1. The van der Waals surface area contributed by atoms with Crippen molar-refractivity contribution in [3.63, 3.8) is 0 Å². The first-order chi connectivity index (χ1) is 18.2. The van der Waals surface area contributed by atoms with Gasteiger partial charge in [-0.05, 0) is 66.6 Å². The second kappa shape index (κ2) is 11.7. The van der Waals surface area contributed by atoms with Crippen LogP contribution in [0.5, 0.6) is 0 Å². The minimum absolute atomic E-state index is 0.135. The molecule has 6 nitrogen and oxygen atoms in total. The summed E-state index contributed by atoms with van der Waals surface area (Å²) in [7, 11) is 0. The number of H-pyrrole nitrogens is 1. The van der Waals surface area contributed by atoms with Crippen molar-refractivity contribution in [1.29, 1.82) is 0 Å². The minimum atomic E-state index is -0.369. The van der Waals surface area contributed by atoms with E-state index in [9.17, 15) is 9.90 Å². The van der Waals surface area contributed by atoms with Gasteiger partial charge in [-0.1, -0.05) is 60.3 Å². The van der Waals surface area contributed by atoms with Gasteiger partial charge in [0, 0.05) is 21.4 Å². The summed E-state index contributed by atoms with van der Waals surface area (Å²) in [5.41, 5.74) is 4.25. The molecule has 3 aromatic carbocycles. The van der Waals surface area contributed by atoms with Gasteiger partial charge >= 0.3 is 0 Å². The Bertz CT molecular complexity index is 1520. The smallest absolute Gasteiger partial charge is 0.252 e. The molecule has 0 radical (unpaired) electrons. The number of benzene rings is 3. The van der Waals surface area contributed by atoms with Crippen molar-refractivity contribution in [2.45, 2.75) is 22.3 Å². The highest BCUT2D eigenvalue weighted by molar-refractivity contribution is 7.99. The summed E-state index contributed by atoms with van der Waals surface area (Å²) in [6, 6.07) is 28.8. The SMILES string of the molecule is O=C(N[C@@H](CO)Cc1ccccc1)c1ccccc1Sc1ccc2c(/C=C/c3ccccn3)n[nH]c2c1. The van der Waals surface area contributed by atoms with Crippen molar-refractivity contribution in [2.75, 3.05) is 6.61 Å². The number of amides is 1. The lowest BCUT2D eigenvalue weighted by Gasteiger charge is -2.17. The van der Waals surface area contributed by atoms with Crippen molar-refractivity contribution in [3.05, 3.63) is 120 Å². The van der Waals surface area contributed by atoms with Gasteiger partial charge in [0.25, 0.3) is 5.91 Å². The molecule has 0 aliphatic rings. The van der Waals surface area contributed by atoms with E-state index in [0.29, 0.717) is 12.0 Å². The van der Waals surface area contributed by atoms with Gasteiger partial charge in [-0.3, -0.25) is 14.9 Å². The summed E-state index contributed by atoms with van der Waals surface area (Å²) in [4.78, 5) is 19.3. The molecule has 0 fully saturated rings. The molecule has 0 aliphatic carbocycles. The zero-order valence-corrected chi connectivity index (χ0v) is 20.9. The fraction of sp³-hybridized carbons (Fsp3) is 0.100.